The number of carboxylic acids is 1. The van der Waals surface area contributed by atoms with Crippen molar-refractivity contribution in [2.24, 2.45) is 0 Å². The molecule has 1 rings (SSSR count). The van der Waals surface area contributed by atoms with Crippen LogP contribution in [0.1, 0.15) is 10.5 Å². The van der Waals surface area contributed by atoms with Crippen LogP contribution in [0.5, 0.6) is 0 Å². The monoisotopic (exact) mass is 240 g/mol. The Hall–Kier alpha value is 0.575. The van der Waals surface area contributed by atoms with Crippen LogP contribution in [0.4, 0.5) is 0 Å². The van der Waals surface area contributed by atoms with E-state index in [0.717, 1.165) is 0 Å². The van der Waals surface area contributed by atoms with E-state index in [0.29, 0.717) is 0 Å². The second-order valence-corrected chi connectivity index (χ2v) is 1.92. The van der Waals surface area contributed by atoms with E-state index in [1.807, 2.05) is 0 Å². The molecule has 0 amide bonds. The number of carboxylic acid groups (broad SMARTS) is 1. The molecule has 0 aromatic carbocycles. The first-order valence-electron chi connectivity index (χ1n) is 2.40. The molecule has 4 nitrogen and oxygen atoms in total. The molecule has 0 bridgehead atoms. The van der Waals surface area contributed by atoms with E-state index in [4.69, 9.17) is 5.11 Å². The van der Waals surface area contributed by atoms with Gasteiger partial charge >= 0.3 is 64.2 Å². The molecule has 1 aromatic heterocycles. The van der Waals surface area contributed by atoms with Crippen LogP contribution in [0, 0.1) is 10.8 Å². The van der Waals surface area contributed by atoms with Crippen LogP contribution in [0.15, 0.2) is 6.20 Å². The maximum absolute atomic E-state index is 10.3. The number of H-pyrrole nitrogens is 1. The summed E-state index contributed by atoms with van der Waals surface area (Å²) in [6, 6.07) is 0. The molecule has 11 heavy (non-hydrogen) atoms. The van der Waals surface area contributed by atoms with Crippen molar-refractivity contribution in [2.75, 3.05) is 0 Å². The van der Waals surface area contributed by atoms with E-state index < -0.39 is 5.97 Å². The Morgan fingerprint density at radius 3 is 2.82 bits per heavy atom. The summed E-state index contributed by atoms with van der Waals surface area (Å²) >= 11 is 4.60. The molecule has 0 aliphatic heterocycles. The van der Waals surface area contributed by atoms with Crippen molar-refractivity contribution in [1.82, 2.24) is 9.97 Å². The molecule has 0 unspecified atom stereocenters. The zero-order valence-electron chi connectivity index (χ0n) is 5.79. The predicted molar refractivity (Wildman–Crippen MR) is 35.2 cm³/mol. The van der Waals surface area contributed by atoms with Gasteiger partial charge in [-0.25, -0.2) is 4.79 Å². The Labute approximate surface area is 117 Å². The Morgan fingerprint density at radius 1 is 1.82 bits per heavy atom. The Kier molecular flexibility index (Phi) is 5.54. The van der Waals surface area contributed by atoms with Gasteiger partial charge in [0.2, 0.25) is 0 Å². The summed E-state index contributed by atoms with van der Waals surface area (Å²) in [5, 5.41) is 8.40. The van der Waals surface area contributed by atoms with E-state index in [-0.39, 0.29) is 68.5 Å². The molecule has 0 aliphatic rings. The zero-order chi connectivity index (χ0) is 7.56. The van der Waals surface area contributed by atoms with Crippen LogP contribution in [0.25, 0.3) is 0 Å². The number of nitrogens with one attached hydrogen (secondary N) is 1. The van der Waals surface area contributed by atoms with E-state index in [1.54, 1.807) is 0 Å². The fraction of sp³-hybridized carbons (Fsp3) is 0. The summed E-state index contributed by atoms with van der Waals surface area (Å²) < 4.78 is 0.0926. The topological polar surface area (TPSA) is 66.0 Å². The SMILES string of the molecule is O=C(O)c1nc[c-][nH]c1=S.[Rb+]. The van der Waals surface area contributed by atoms with Crippen LogP contribution in [-0.4, -0.2) is 21.0 Å². The van der Waals surface area contributed by atoms with E-state index in [2.05, 4.69) is 28.4 Å². The van der Waals surface area contributed by atoms with Gasteiger partial charge in [0.25, 0.3) is 0 Å². The number of aromatic nitrogens is 2. The molecule has 1 aromatic rings. The van der Waals surface area contributed by atoms with Crippen molar-refractivity contribution in [1.29, 1.82) is 0 Å². The molecule has 0 fully saturated rings. The number of aromatic amines is 1. The first kappa shape index (κ1) is 11.6. The minimum atomic E-state index is -1.13. The van der Waals surface area contributed by atoms with Crippen molar-refractivity contribution in [2.45, 2.75) is 0 Å². The van der Waals surface area contributed by atoms with Gasteiger partial charge in [0, 0.05) is 0 Å². The van der Waals surface area contributed by atoms with Gasteiger partial charge in [-0.3, -0.25) is 4.98 Å². The van der Waals surface area contributed by atoms with Crippen LogP contribution < -0.4 is 58.2 Å². The Morgan fingerprint density at radius 2 is 2.45 bits per heavy atom. The first-order chi connectivity index (χ1) is 4.72. The molecule has 52 valence electrons. The van der Waals surface area contributed by atoms with E-state index in [1.165, 1.54) is 6.20 Å². The Bertz CT molecular complexity index is 311. The summed E-state index contributed by atoms with van der Waals surface area (Å²) in [6.45, 7) is 0. The molecular weight excluding hydrogens is 238 g/mol. The molecule has 0 saturated carbocycles. The molecule has 0 radical (unpaired) electrons. The zero-order valence-corrected chi connectivity index (χ0v) is 11.5. The maximum atomic E-state index is 10.3. The number of carbonyl (C=O) groups is 1. The Balaban J connectivity index is 0.000001000. The largest absolute Gasteiger partial charge is 1.00 e. The molecule has 0 atom stereocenters. The number of hydrogen-bond acceptors (Lipinski definition) is 3. The second-order valence-electron chi connectivity index (χ2n) is 1.51. The maximum Gasteiger partial charge on any atom is 1.00 e. The minimum Gasteiger partial charge on any atom is -0.512 e. The van der Waals surface area contributed by atoms with Crippen LogP contribution in [0.2, 0.25) is 0 Å². The molecule has 0 aliphatic carbocycles. The van der Waals surface area contributed by atoms with Gasteiger partial charge in [0.15, 0.2) is 0 Å². The average molecular weight is 241 g/mol. The third-order valence-corrected chi connectivity index (χ3v) is 1.16. The fourth-order valence-corrected chi connectivity index (χ4v) is 0.664. The number of rotatable bonds is 1. The van der Waals surface area contributed by atoms with Crippen LogP contribution >= 0.6 is 12.2 Å². The third kappa shape index (κ3) is 3.21. The quantitative estimate of drug-likeness (QED) is 0.426. The fourth-order valence-electron chi connectivity index (χ4n) is 0.465. The third-order valence-electron chi connectivity index (χ3n) is 0.862. The first-order valence-corrected chi connectivity index (χ1v) is 2.81. The molecule has 6 heteroatoms. The minimum absolute atomic E-state index is 0. The summed E-state index contributed by atoms with van der Waals surface area (Å²) in [7, 11) is 0. The van der Waals surface area contributed by atoms with Gasteiger partial charge in [-0.15, -0.1) is 0 Å². The number of hydrogen-bond donors (Lipinski definition) is 2. The van der Waals surface area contributed by atoms with Gasteiger partial charge in [-0.05, 0) is 10.8 Å². The smallest absolute Gasteiger partial charge is 0.512 e. The van der Waals surface area contributed by atoms with Crippen LogP contribution in [-0.2, 0) is 0 Å². The van der Waals surface area contributed by atoms with Crippen molar-refractivity contribution in [3.63, 3.8) is 0 Å². The normalized spacial score (nSPS) is 8.36. The summed E-state index contributed by atoms with van der Waals surface area (Å²) in [6.07, 6.45) is 3.67. The van der Waals surface area contributed by atoms with Gasteiger partial charge in [0.05, 0.1) is 5.69 Å². The molecule has 0 spiro atoms. The molecule has 2 N–H and O–H groups in total. The van der Waals surface area contributed by atoms with Crippen molar-refractivity contribution >= 4 is 18.2 Å². The summed E-state index contributed by atoms with van der Waals surface area (Å²) in [5.74, 6) is -1.13. The van der Waals surface area contributed by atoms with Gasteiger partial charge < -0.3 is 10.1 Å². The molecule has 0 saturated heterocycles. The predicted octanol–water partition coefficient (Wildman–Crippen LogP) is -2.36. The standard InChI is InChI=1S/C5H3N2O2S.Rb/c8-5(9)3-4(10)7-2-1-6-3;/h1H,(H,7,10)(H,8,9);/q-1;+1. The second kappa shape index (κ2) is 5.26. The number of nitrogens with zero attached hydrogens (tertiary/aromatic N) is 1. The van der Waals surface area contributed by atoms with Crippen molar-refractivity contribution in [3.8, 4) is 0 Å². The van der Waals surface area contributed by atoms with E-state index in [9.17, 15) is 4.79 Å². The molecule has 1 heterocycles. The van der Waals surface area contributed by atoms with Crippen molar-refractivity contribution in [3.05, 3.63) is 22.7 Å². The van der Waals surface area contributed by atoms with E-state index >= 15 is 0 Å². The van der Waals surface area contributed by atoms with Gasteiger partial charge in [-0.2, -0.15) is 18.4 Å². The van der Waals surface area contributed by atoms with Crippen molar-refractivity contribution < 1.29 is 68.1 Å². The van der Waals surface area contributed by atoms with Gasteiger partial charge in [0.1, 0.15) is 0 Å². The number of aromatic carboxylic acids is 1. The summed E-state index contributed by atoms with van der Waals surface area (Å²) in [4.78, 5) is 16.2. The summed E-state index contributed by atoms with van der Waals surface area (Å²) in [5.41, 5.74) is -0.145. The van der Waals surface area contributed by atoms with Gasteiger partial charge in [-0.1, -0.05) is 0 Å². The average Bonchev–Trinajstić information content (AvgIpc) is 1.88. The molecular formula is C5H3N2O2RbS. The van der Waals surface area contributed by atoms with Crippen LogP contribution in [0.3, 0.4) is 0 Å².